The average Bonchev–Trinajstić information content (AvgIpc) is 2.94. The van der Waals surface area contributed by atoms with E-state index < -0.39 is 6.10 Å². The normalized spacial score (nSPS) is 19.6. The summed E-state index contributed by atoms with van der Waals surface area (Å²) in [4.78, 5) is 4.41. The molecule has 1 fully saturated rings. The fourth-order valence-corrected chi connectivity index (χ4v) is 2.96. The number of aromatic nitrogens is 2. The van der Waals surface area contributed by atoms with Crippen LogP contribution in [0.5, 0.6) is 0 Å². The average molecular weight is 298 g/mol. The molecule has 1 aliphatic rings. The molecule has 1 N–H and O–H groups in total. The Morgan fingerprint density at radius 3 is 2.76 bits per heavy atom. The highest BCUT2D eigenvalue weighted by Crippen LogP contribution is 2.35. The highest BCUT2D eigenvalue weighted by atomic mass is 16.5. The summed E-state index contributed by atoms with van der Waals surface area (Å²) < 4.78 is 16.0. The van der Waals surface area contributed by atoms with Crippen molar-refractivity contribution < 1.29 is 19.1 Å². The number of ether oxygens (including phenoxy) is 2. The van der Waals surface area contributed by atoms with Crippen molar-refractivity contribution >= 4 is 0 Å². The van der Waals surface area contributed by atoms with Crippen LogP contribution in [0.4, 0.5) is 0 Å². The molecule has 2 rings (SSSR count). The van der Waals surface area contributed by atoms with E-state index in [9.17, 15) is 5.11 Å². The molecular formula is C15H26N2O4. The Morgan fingerprint density at radius 2 is 2.10 bits per heavy atom. The van der Waals surface area contributed by atoms with Crippen molar-refractivity contribution in [2.75, 3.05) is 20.3 Å². The van der Waals surface area contributed by atoms with E-state index in [-0.39, 0.29) is 12.7 Å². The third-order valence-electron chi connectivity index (χ3n) is 3.93. The van der Waals surface area contributed by atoms with Crippen molar-refractivity contribution in [3.8, 4) is 0 Å². The Kier molecular flexibility index (Phi) is 6.60. The zero-order valence-electron chi connectivity index (χ0n) is 13.0. The van der Waals surface area contributed by atoms with E-state index in [4.69, 9.17) is 14.0 Å². The summed E-state index contributed by atoms with van der Waals surface area (Å²) in [7, 11) is 1.55. The first-order chi connectivity index (χ1) is 10.2. The van der Waals surface area contributed by atoms with Gasteiger partial charge in [-0.05, 0) is 25.7 Å². The minimum Gasteiger partial charge on any atom is -0.390 e. The van der Waals surface area contributed by atoms with Crippen molar-refractivity contribution in [3.05, 3.63) is 11.7 Å². The number of aliphatic hydroxyl groups excluding tert-OH is 1. The van der Waals surface area contributed by atoms with Crippen LogP contribution in [-0.2, 0) is 15.9 Å². The van der Waals surface area contributed by atoms with Crippen molar-refractivity contribution in [2.45, 2.75) is 57.7 Å². The molecule has 1 heterocycles. The molecule has 0 aliphatic heterocycles. The highest BCUT2D eigenvalue weighted by Gasteiger charge is 2.29. The molecule has 0 saturated heterocycles. The fraction of sp³-hybridized carbons (Fsp3) is 0.867. The van der Waals surface area contributed by atoms with Crippen molar-refractivity contribution in [1.29, 1.82) is 0 Å². The maximum absolute atomic E-state index is 9.72. The van der Waals surface area contributed by atoms with Gasteiger partial charge in [-0.1, -0.05) is 24.4 Å². The molecule has 0 amide bonds. The van der Waals surface area contributed by atoms with Crippen molar-refractivity contribution in [1.82, 2.24) is 10.1 Å². The fourth-order valence-electron chi connectivity index (χ4n) is 2.96. The number of methoxy groups -OCH3 is 1. The highest BCUT2D eigenvalue weighted by molar-refractivity contribution is 4.96. The third kappa shape index (κ3) is 4.76. The van der Waals surface area contributed by atoms with Crippen LogP contribution in [0.1, 0.15) is 56.8 Å². The molecule has 120 valence electrons. The Hall–Kier alpha value is -0.980. The molecule has 0 spiro atoms. The maximum Gasteiger partial charge on any atom is 0.229 e. The molecule has 1 saturated carbocycles. The van der Waals surface area contributed by atoms with E-state index in [1.54, 1.807) is 7.11 Å². The number of hydrogen-bond donors (Lipinski definition) is 1. The summed E-state index contributed by atoms with van der Waals surface area (Å²) in [6, 6.07) is 0. The minimum atomic E-state index is -0.622. The predicted octanol–water partition coefficient (Wildman–Crippen LogP) is 2.28. The molecule has 0 radical (unpaired) electrons. The van der Waals surface area contributed by atoms with Crippen LogP contribution in [-0.4, -0.2) is 41.7 Å². The van der Waals surface area contributed by atoms with Gasteiger partial charge in [-0.15, -0.1) is 0 Å². The van der Waals surface area contributed by atoms with Gasteiger partial charge in [-0.3, -0.25) is 0 Å². The third-order valence-corrected chi connectivity index (χ3v) is 3.93. The van der Waals surface area contributed by atoms with Gasteiger partial charge in [0.1, 0.15) is 6.10 Å². The topological polar surface area (TPSA) is 77.6 Å². The Balaban J connectivity index is 2.01. The van der Waals surface area contributed by atoms with E-state index in [0.29, 0.717) is 30.7 Å². The second-order valence-electron chi connectivity index (χ2n) is 5.63. The summed E-state index contributed by atoms with van der Waals surface area (Å²) in [5, 5.41) is 13.8. The quantitative estimate of drug-likeness (QED) is 0.793. The molecule has 1 aromatic heterocycles. The lowest BCUT2D eigenvalue weighted by molar-refractivity contribution is -0.00145. The van der Waals surface area contributed by atoms with Crippen molar-refractivity contribution in [3.63, 3.8) is 0 Å². The van der Waals surface area contributed by atoms with Crippen LogP contribution in [0, 0.1) is 5.92 Å². The van der Waals surface area contributed by atoms with Gasteiger partial charge < -0.3 is 19.1 Å². The van der Waals surface area contributed by atoms with Gasteiger partial charge in [-0.25, -0.2) is 0 Å². The summed E-state index contributed by atoms with van der Waals surface area (Å²) in [5.74, 6) is 1.52. The van der Waals surface area contributed by atoms with Crippen molar-refractivity contribution in [2.24, 2.45) is 5.92 Å². The van der Waals surface area contributed by atoms with Crippen LogP contribution in [0.15, 0.2) is 4.52 Å². The molecule has 1 aliphatic carbocycles. The Bertz CT molecular complexity index is 404. The van der Waals surface area contributed by atoms with Gasteiger partial charge in [0.05, 0.1) is 19.1 Å². The van der Waals surface area contributed by atoms with E-state index in [1.807, 2.05) is 6.92 Å². The van der Waals surface area contributed by atoms with Crippen LogP contribution in [0.2, 0.25) is 0 Å². The largest absolute Gasteiger partial charge is 0.390 e. The SMILES string of the molecule is CCOC(c1noc(CC(O)COC)n1)C1CCCCC1. The smallest absolute Gasteiger partial charge is 0.229 e. The lowest BCUT2D eigenvalue weighted by Crippen LogP contribution is -2.20. The zero-order valence-corrected chi connectivity index (χ0v) is 13.0. The van der Waals surface area contributed by atoms with Crippen LogP contribution >= 0.6 is 0 Å². The first-order valence-electron chi connectivity index (χ1n) is 7.85. The first kappa shape index (κ1) is 16.4. The van der Waals surface area contributed by atoms with Crippen LogP contribution < -0.4 is 0 Å². The monoisotopic (exact) mass is 298 g/mol. The van der Waals surface area contributed by atoms with Gasteiger partial charge >= 0.3 is 0 Å². The Morgan fingerprint density at radius 1 is 1.33 bits per heavy atom. The minimum absolute atomic E-state index is 0.0904. The summed E-state index contributed by atoms with van der Waals surface area (Å²) >= 11 is 0. The van der Waals surface area contributed by atoms with Gasteiger partial charge in [0.25, 0.3) is 0 Å². The molecule has 1 aromatic rings. The van der Waals surface area contributed by atoms with Gasteiger partial charge in [0.15, 0.2) is 0 Å². The maximum atomic E-state index is 9.72. The summed E-state index contributed by atoms with van der Waals surface area (Å²) in [6.07, 6.45) is 5.69. The van der Waals surface area contributed by atoms with Gasteiger partial charge in [0.2, 0.25) is 11.7 Å². The van der Waals surface area contributed by atoms with E-state index in [1.165, 1.54) is 19.3 Å². The standard InChI is InChI=1S/C15H26N2O4/c1-3-20-14(11-7-5-4-6-8-11)15-16-13(21-17-15)9-12(18)10-19-2/h11-12,14,18H,3-10H2,1-2H3. The molecule has 6 heteroatoms. The molecule has 0 aromatic carbocycles. The number of nitrogens with zero attached hydrogens (tertiary/aromatic N) is 2. The first-order valence-corrected chi connectivity index (χ1v) is 7.85. The number of rotatable bonds is 8. The number of aliphatic hydroxyl groups is 1. The molecule has 0 bridgehead atoms. The summed E-state index contributed by atoms with van der Waals surface area (Å²) in [6.45, 7) is 2.88. The molecule has 2 unspecified atom stereocenters. The van der Waals surface area contributed by atoms with Gasteiger partial charge in [-0.2, -0.15) is 4.98 Å². The van der Waals surface area contributed by atoms with Gasteiger partial charge in [0, 0.05) is 13.7 Å². The summed E-state index contributed by atoms with van der Waals surface area (Å²) in [5.41, 5.74) is 0. The number of hydrogen-bond acceptors (Lipinski definition) is 6. The zero-order chi connectivity index (χ0) is 15.1. The van der Waals surface area contributed by atoms with E-state index >= 15 is 0 Å². The molecular weight excluding hydrogens is 272 g/mol. The van der Waals surface area contributed by atoms with Crippen LogP contribution in [0.25, 0.3) is 0 Å². The molecule has 2 atom stereocenters. The van der Waals surface area contributed by atoms with E-state index in [0.717, 1.165) is 12.8 Å². The van der Waals surface area contributed by atoms with Crippen LogP contribution in [0.3, 0.4) is 0 Å². The lowest BCUT2D eigenvalue weighted by Gasteiger charge is -2.27. The molecule has 21 heavy (non-hydrogen) atoms. The lowest BCUT2D eigenvalue weighted by atomic mass is 9.85. The predicted molar refractivity (Wildman–Crippen MR) is 76.8 cm³/mol. The molecule has 6 nitrogen and oxygen atoms in total. The second-order valence-corrected chi connectivity index (χ2v) is 5.63. The van der Waals surface area contributed by atoms with E-state index in [2.05, 4.69) is 10.1 Å². The second kappa shape index (κ2) is 8.46. The Labute approximate surface area is 125 Å².